The Labute approximate surface area is 427 Å². The molecule has 1 saturated carbocycles. The number of benzene rings is 4. The smallest absolute Gasteiger partial charge is 0.327 e. The highest BCUT2D eigenvalue weighted by Gasteiger charge is 2.76. The van der Waals surface area contributed by atoms with Crippen molar-refractivity contribution in [3.63, 3.8) is 0 Å². The fourth-order valence-electron chi connectivity index (χ4n) is 10.5. The largest absolute Gasteiger partial charge is 0.460 e. The maximum Gasteiger partial charge on any atom is 0.327 e. The van der Waals surface area contributed by atoms with Gasteiger partial charge in [0.15, 0.2) is 12.3 Å². The normalized spacial score (nSPS) is 29.5. The Bertz CT molecular complexity index is 2630. The first kappa shape index (κ1) is 52.9. The lowest BCUT2D eigenvalue weighted by molar-refractivity contribution is -0.298. The Kier molecular flexibility index (Phi) is 15.8. The summed E-state index contributed by atoms with van der Waals surface area (Å²) in [5, 5.41) is 57.6. The molecule has 5 aliphatic rings. The van der Waals surface area contributed by atoms with E-state index in [0.29, 0.717) is 22.3 Å². The number of amides is 2. The number of rotatable bonds is 18. The van der Waals surface area contributed by atoms with E-state index >= 15 is 4.79 Å². The number of aliphatic hydroxyl groups excluding tert-OH is 5. The number of nitrogens with zero attached hydrogens (tertiary/aromatic N) is 1. The van der Waals surface area contributed by atoms with Crippen molar-refractivity contribution in [2.45, 2.75) is 132 Å². The second-order valence-electron chi connectivity index (χ2n) is 20.3. The van der Waals surface area contributed by atoms with E-state index in [1.807, 2.05) is 84.9 Å². The highest BCUT2D eigenvalue weighted by molar-refractivity contribution is 5.95. The number of ether oxygens (including phenoxy) is 6. The molecule has 4 heterocycles. The maximum atomic E-state index is 15.3. The number of fused-ring (bicyclic) bond motifs is 4. The van der Waals surface area contributed by atoms with Gasteiger partial charge in [-0.1, -0.05) is 109 Å². The van der Waals surface area contributed by atoms with Crippen molar-refractivity contribution in [1.29, 1.82) is 0 Å². The van der Waals surface area contributed by atoms with Crippen LogP contribution in [0.25, 0.3) is 6.08 Å². The molecule has 0 radical (unpaired) electrons. The quantitative estimate of drug-likeness (QED) is 0.0707. The summed E-state index contributed by atoms with van der Waals surface area (Å²) in [7, 11) is 0. The summed E-state index contributed by atoms with van der Waals surface area (Å²) < 4.78 is 36.8. The number of nitrogens with one attached hydrogen (secondary N) is 2. The zero-order valence-electron chi connectivity index (χ0n) is 41.2. The average molecular weight is 1020 g/mol. The molecule has 0 unspecified atom stereocenters. The summed E-state index contributed by atoms with van der Waals surface area (Å²) in [6, 6.07) is 30.9. The van der Waals surface area contributed by atoms with Crippen LogP contribution < -0.4 is 10.6 Å². The van der Waals surface area contributed by atoms with Gasteiger partial charge in [-0.25, -0.2) is 0 Å². The van der Waals surface area contributed by atoms with E-state index in [0.717, 1.165) is 5.56 Å². The topological polar surface area (TPSA) is 261 Å². The first-order chi connectivity index (χ1) is 35.5. The first-order valence-corrected chi connectivity index (χ1v) is 24.8. The van der Waals surface area contributed by atoms with E-state index in [1.54, 1.807) is 57.2 Å². The minimum Gasteiger partial charge on any atom is -0.460 e. The van der Waals surface area contributed by atoms with Gasteiger partial charge in [-0.05, 0) is 56.0 Å². The van der Waals surface area contributed by atoms with E-state index < -0.39 is 121 Å². The number of aliphatic hydroxyl groups is 5. The Morgan fingerprint density at radius 1 is 0.851 bits per heavy atom. The minimum atomic E-state index is -1.58. The second-order valence-corrected chi connectivity index (χ2v) is 20.3. The van der Waals surface area contributed by atoms with Crippen molar-refractivity contribution < 1.29 is 78.0 Å². The molecule has 4 saturated heterocycles. The third-order valence-electron chi connectivity index (χ3n) is 14.0. The van der Waals surface area contributed by atoms with Crippen LogP contribution in [0.2, 0.25) is 0 Å². The SMILES string of the molecule is CC(C)(C)OC(=O)CC[C@@H](CO)NC(=O)c1cccc(CNC(=O)[C@@]23C[C@H]4OC(=O)[C@@H]2N(Cc2cccc(C=CCO[C@H]5O[C@H](CO)[C@H](O)[C@H](O)[C@H]5O)c2)O[C@@H]3[C@H]2OC(c3ccccc3)(c3ccccc3)O[C@H]24)c1. The molecule has 2 bridgehead atoms. The lowest BCUT2D eigenvalue weighted by atomic mass is 9.62. The van der Waals surface area contributed by atoms with Crippen LogP contribution in [0.4, 0.5) is 0 Å². The van der Waals surface area contributed by atoms with Crippen LogP contribution in [0.5, 0.6) is 0 Å². The lowest BCUT2D eigenvalue weighted by Crippen LogP contribution is -2.69. The number of hydrogen-bond donors (Lipinski definition) is 7. The van der Waals surface area contributed by atoms with E-state index in [-0.39, 0.29) is 44.5 Å². The molecule has 4 aliphatic heterocycles. The van der Waals surface area contributed by atoms with Crippen molar-refractivity contribution in [2.24, 2.45) is 5.41 Å². The second kappa shape index (κ2) is 22.1. The van der Waals surface area contributed by atoms with E-state index in [9.17, 15) is 39.9 Å². The molecule has 0 aromatic heterocycles. The van der Waals surface area contributed by atoms with Gasteiger partial charge in [0.1, 0.15) is 59.8 Å². The standard InChI is InChI=1S/C55H63N3O16/c1-53(2,3)71-41(61)23-22-38(30-59)57-49(65)35-17-11-14-33(26-35)28-56-52(67)54-27-39-45-46(73-55(72-45,36-18-6-4-7-19-36)37-20-8-5-9-21-37)48(54)74-58(47(54)50(66)69-39)29-34-15-10-13-32(25-34)16-12-24-68-51-44(64)43(63)42(62)40(31-60)70-51/h4-21,25-26,38-40,42-48,51,59-60,62-64H,22-24,27-31H2,1-3H3,(H,56,67)(H,57,65)/t38-,39+,40+,42-,43-,44+,45-,46-,47-,48+,51-,54-/m0/s1. The third-order valence-corrected chi connectivity index (χ3v) is 14.0. The van der Waals surface area contributed by atoms with Gasteiger partial charge in [-0.15, -0.1) is 0 Å². The van der Waals surface area contributed by atoms with Gasteiger partial charge < -0.3 is 64.6 Å². The summed E-state index contributed by atoms with van der Waals surface area (Å²) in [4.78, 5) is 62.5. The maximum absolute atomic E-state index is 15.3. The number of carbonyl (C=O) groups excluding carboxylic acids is 4. The first-order valence-electron chi connectivity index (χ1n) is 24.8. The fourth-order valence-corrected chi connectivity index (χ4v) is 10.5. The summed E-state index contributed by atoms with van der Waals surface area (Å²) >= 11 is 0. The van der Waals surface area contributed by atoms with Gasteiger partial charge in [0.05, 0.1) is 32.4 Å². The predicted octanol–water partition coefficient (Wildman–Crippen LogP) is 2.53. The molecule has 74 heavy (non-hydrogen) atoms. The van der Waals surface area contributed by atoms with Crippen molar-refractivity contribution >= 4 is 29.8 Å². The van der Waals surface area contributed by atoms with Gasteiger partial charge in [0, 0.05) is 36.1 Å². The van der Waals surface area contributed by atoms with Gasteiger partial charge in [0.25, 0.3) is 5.91 Å². The van der Waals surface area contributed by atoms with Gasteiger partial charge >= 0.3 is 11.9 Å². The number of carbonyl (C=O) groups is 4. The van der Waals surface area contributed by atoms with Gasteiger partial charge in [0.2, 0.25) is 11.7 Å². The molecular formula is C55H63N3O16. The fraction of sp³-hybridized carbons (Fsp3) is 0.455. The predicted molar refractivity (Wildman–Crippen MR) is 261 cm³/mol. The monoisotopic (exact) mass is 1020 g/mol. The average Bonchev–Trinajstić information content (AvgIpc) is 3.98. The summed E-state index contributed by atoms with van der Waals surface area (Å²) in [5.74, 6) is -3.58. The van der Waals surface area contributed by atoms with Crippen LogP contribution in [0, 0.1) is 5.41 Å². The number of hydroxylamine groups is 2. The van der Waals surface area contributed by atoms with Gasteiger partial charge in [-0.2, -0.15) is 5.06 Å². The summed E-state index contributed by atoms with van der Waals surface area (Å²) in [6.07, 6.45) is -7.23. The molecule has 4 aromatic carbocycles. The molecule has 5 fully saturated rings. The molecular weight excluding hydrogens is 959 g/mol. The molecule has 19 nitrogen and oxygen atoms in total. The van der Waals surface area contributed by atoms with E-state index in [1.165, 1.54) is 5.06 Å². The van der Waals surface area contributed by atoms with Crippen LogP contribution in [-0.2, 0) is 66.5 Å². The summed E-state index contributed by atoms with van der Waals surface area (Å²) in [5.41, 5.74) is 1.39. The molecule has 19 heteroatoms. The highest BCUT2D eigenvalue weighted by Crippen LogP contribution is 2.59. The molecule has 12 atom stereocenters. The molecule has 4 aromatic rings. The Morgan fingerprint density at radius 2 is 1.54 bits per heavy atom. The molecule has 394 valence electrons. The van der Waals surface area contributed by atoms with Crippen LogP contribution in [0.15, 0.2) is 115 Å². The highest BCUT2D eigenvalue weighted by atomic mass is 16.8. The Balaban J connectivity index is 0.961. The Morgan fingerprint density at radius 3 is 2.23 bits per heavy atom. The Hall–Kier alpha value is -5.94. The molecule has 0 spiro atoms. The minimum absolute atomic E-state index is 0.00849. The van der Waals surface area contributed by atoms with Crippen molar-refractivity contribution in [3.8, 4) is 0 Å². The summed E-state index contributed by atoms with van der Waals surface area (Å²) in [6.45, 7) is 4.21. The van der Waals surface area contributed by atoms with Crippen LogP contribution in [0.1, 0.15) is 78.2 Å². The van der Waals surface area contributed by atoms with Gasteiger partial charge in [-0.3, -0.25) is 24.0 Å². The number of esters is 2. The zero-order valence-corrected chi connectivity index (χ0v) is 41.2. The van der Waals surface area contributed by atoms with Crippen molar-refractivity contribution in [3.05, 3.63) is 149 Å². The zero-order chi connectivity index (χ0) is 52.4. The van der Waals surface area contributed by atoms with Crippen LogP contribution in [0.3, 0.4) is 0 Å². The van der Waals surface area contributed by atoms with E-state index in [4.69, 9.17) is 33.3 Å². The van der Waals surface area contributed by atoms with Crippen molar-refractivity contribution in [2.75, 3.05) is 19.8 Å². The van der Waals surface area contributed by atoms with Crippen LogP contribution in [-0.4, -0.2) is 147 Å². The number of hydrogen-bond acceptors (Lipinski definition) is 17. The molecule has 7 N–H and O–H groups in total. The lowest BCUT2D eigenvalue weighted by Gasteiger charge is -2.48. The molecule has 2 amide bonds. The molecule has 1 aliphatic carbocycles. The van der Waals surface area contributed by atoms with E-state index in [2.05, 4.69) is 10.6 Å². The van der Waals surface area contributed by atoms with Crippen molar-refractivity contribution in [1.82, 2.24) is 15.7 Å². The molecule has 9 rings (SSSR count). The third kappa shape index (κ3) is 10.8. The van der Waals surface area contributed by atoms with Crippen LogP contribution >= 0.6 is 0 Å².